The van der Waals surface area contributed by atoms with Gasteiger partial charge in [0.25, 0.3) is 0 Å². The van der Waals surface area contributed by atoms with E-state index in [1.165, 1.54) is 0 Å². The molecule has 0 heterocycles. The Morgan fingerprint density at radius 1 is 1.29 bits per heavy atom. The second-order valence-corrected chi connectivity index (χ2v) is 6.03. The van der Waals surface area contributed by atoms with Gasteiger partial charge in [-0.15, -0.1) is 0 Å². The van der Waals surface area contributed by atoms with Gasteiger partial charge in [-0.2, -0.15) is 0 Å². The van der Waals surface area contributed by atoms with Crippen molar-refractivity contribution in [1.82, 2.24) is 10.2 Å². The quantitative estimate of drug-likeness (QED) is 0.649. The molecule has 1 fully saturated rings. The predicted octanol–water partition coefficient (Wildman–Crippen LogP) is 2.26. The molecule has 0 aromatic rings. The van der Waals surface area contributed by atoms with E-state index in [1.807, 2.05) is 11.8 Å². The zero-order chi connectivity index (χ0) is 15.8. The number of nitrogens with zero attached hydrogens (tertiary/aromatic N) is 1. The zero-order valence-corrected chi connectivity index (χ0v) is 13.6. The Kier molecular flexibility index (Phi) is 7.72. The molecule has 0 aromatic heterocycles. The lowest BCUT2D eigenvalue weighted by Crippen LogP contribution is -2.55. The first kappa shape index (κ1) is 18.0. The number of hydrogen-bond donors (Lipinski definition) is 2. The van der Waals surface area contributed by atoms with Crippen LogP contribution in [0.4, 0.5) is 0 Å². The largest absolute Gasteiger partial charge is 0.480 e. The van der Waals surface area contributed by atoms with Crippen molar-refractivity contribution >= 4 is 11.9 Å². The summed E-state index contributed by atoms with van der Waals surface area (Å²) in [6.07, 6.45) is 5.82. The van der Waals surface area contributed by atoms with Crippen LogP contribution in [0.5, 0.6) is 0 Å². The lowest BCUT2D eigenvalue weighted by molar-refractivity contribution is -0.140. The van der Waals surface area contributed by atoms with Crippen molar-refractivity contribution in [3.63, 3.8) is 0 Å². The molecule has 0 aliphatic heterocycles. The first-order valence-electron chi connectivity index (χ1n) is 8.27. The number of carbonyl (C=O) groups excluding carboxylic acids is 1. The van der Waals surface area contributed by atoms with Crippen LogP contribution in [0, 0.1) is 5.92 Å². The van der Waals surface area contributed by atoms with Gasteiger partial charge in [-0.3, -0.25) is 14.5 Å². The number of unbranched alkanes of at least 4 members (excludes halogenated alkanes) is 1. The van der Waals surface area contributed by atoms with E-state index in [0.29, 0.717) is 6.04 Å². The smallest absolute Gasteiger partial charge is 0.317 e. The average molecular weight is 298 g/mol. The van der Waals surface area contributed by atoms with Crippen LogP contribution >= 0.6 is 0 Å². The average Bonchev–Trinajstić information content (AvgIpc) is 2.40. The number of nitrogens with one attached hydrogen (secondary N) is 1. The minimum absolute atomic E-state index is 0.0932. The van der Waals surface area contributed by atoms with Gasteiger partial charge in [-0.05, 0) is 32.2 Å². The summed E-state index contributed by atoms with van der Waals surface area (Å²) in [4.78, 5) is 24.9. The first-order chi connectivity index (χ1) is 10.0. The van der Waals surface area contributed by atoms with Gasteiger partial charge in [0.15, 0.2) is 0 Å². The number of rotatable bonds is 10. The van der Waals surface area contributed by atoms with Crippen molar-refractivity contribution in [2.24, 2.45) is 5.92 Å². The highest BCUT2D eigenvalue weighted by Gasteiger charge is 2.35. The number of carboxylic acids is 1. The van der Waals surface area contributed by atoms with Gasteiger partial charge in [0.2, 0.25) is 5.91 Å². The van der Waals surface area contributed by atoms with Crippen LogP contribution in [0.1, 0.15) is 59.3 Å². The molecule has 0 aromatic carbocycles. The molecule has 1 saturated carbocycles. The lowest BCUT2D eigenvalue weighted by Gasteiger charge is -2.42. The fourth-order valence-electron chi connectivity index (χ4n) is 2.97. The summed E-state index contributed by atoms with van der Waals surface area (Å²) in [6, 6.07) is 0.521. The van der Waals surface area contributed by atoms with Crippen molar-refractivity contribution in [1.29, 1.82) is 0 Å². The van der Waals surface area contributed by atoms with E-state index in [0.717, 1.165) is 45.1 Å². The fraction of sp³-hybridized carbons (Fsp3) is 0.875. The van der Waals surface area contributed by atoms with E-state index >= 15 is 0 Å². The van der Waals surface area contributed by atoms with Crippen LogP contribution in [0.15, 0.2) is 0 Å². The Morgan fingerprint density at radius 2 is 1.95 bits per heavy atom. The summed E-state index contributed by atoms with van der Waals surface area (Å²) < 4.78 is 0. The SMILES string of the molecule is CCCCC(CC)C(=O)NC1CC(N(CC)CC(=O)O)C1. The molecule has 1 rings (SSSR count). The van der Waals surface area contributed by atoms with Gasteiger partial charge in [0.05, 0.1) is 6.54 Å². The van der Waals surface area contributed by atoms with Crippen LogP contribution < -0.4 is 5.32 Å². The Morgan fingerprint density at radius 3 is 2.43 bits per heavy atom. The van der Waals surface area contributed by atoms with Crippen LogP contribution in [-0.4, -0.2) is 47.1 Å². The van der Waals surface area contributed by atoms with Gasteiger partial charge < -0.3 is 10.4 Å². The monoisotopic (exact) mass is 298 g/mol. The molecule has 1 amide bonds. The molecule has 2 N–H and O–H groups in total. The molecular weight excluding hydrogens is 268 g/mol. The molecule has 122 valence electrons. The Hall–Kier alpha value is -1.10. The molecular formula is C16H30N2O3. The summed E-state index contributed by atoms with van der Waals surface area (Å²) in [5.41, 5.74) is 0. The minimum atomic E-state index is -0.782. The molecule has 1 unspecified atom stereocenters. The second kappa shape index (κ2) is 9.03. The van der Waals surface area contributed by atoms with E-state index in [4.69, 9.17) is 5.11 Å². The Labute approximate surface area is 128 Å². The standard InChI is InChI=1S/C16H30N2O3/c1-4-7-8-12(5-2)16(21)17-13-9-14(10-13)18(6-3)11-15(19)20/h12-14H,4-11H2,1-3H3,(H,17,21)(H,19,20). The minimum Gasteiger partial charge on any atom is -0.480 e. The fourth-order valence-corrected chi connectivity index (χ4v) is 2.97. The van der Waals surface area contributed by atoms with E-state index in [-0.39, 0.29) is 24.4 Å². The maximum absolute atomic E-state index is 12.2. The molecule has 21 heavy (non-hydrogen) atoms. The summed E-state index contributed by atoms with van der Waals surface area (Å²) in [7, 11) is 0. The zero-order valence-electron chi connectivity index (χ0n) is 13.6. The predicted molar refractivity (Wildman–Crippen MR) is 83.1 cm³/mol. The van der Waals surface area contributed by atoms with Gasteiger partial charge in [-0.25, -0.2) is 0 Å². The third-order valence-electron chi connectivity index (χ3n) is 4.49. The number of amides is 1. The molecule has 5 nitrogen and oxygen atoms in total. The van der Waals surface area contributed by atoms with Gasteiger partial charge >= 0.3 is 5.97 Å². The van der Waals surface area contributed by atoms with Crippen molar-refractivity contribution in [3.05, 3.63) is 0 Å². The third-order valence-corrected chi connectivity index (χ3v) is 4.49. The molecule has 1 atom stereocenters. The topological polar surface area (TPSA) is 69.6 Å². The van der Waals surface area contributed by atoms with E-state index < -0.39 is 5.97 Å². The number of aliphatic carboxylic acids is 1. The van der Waals surface area contributed by atoms with Gasteiger partial charge in [0.1, 0.15) is 0 Å². The van der Waals surface area contributed by atoms with E-state index in [2.05, 4.69) is 19.2 Å². The molecule has 0 spiro atoms. The lowest BCUT2D eigenvalue weighted by atomic mass is 9.84. The summed E-state index contributed by atoms with van der Waals surface area (Å²) in [5, 5.41) is 12.0. The Balaban J connectivity index is 2.32. The van der Waals surface area contributed by atoms with Crippen molar-refractivity contribution < 1.29 is 14.7 Å². The summed E-state index contributed by atoms with van der Waals surface area (Å²) in [6.45, 7) is 7.02. The number of carboxylic acid groups (broad SMARTS) is 1. The molecule has 0 saturated heterocycles. The number of hydrogen-bond acceptors (Lipinski definition) is 3. The van der Waals surface area contributed by atoms with Crippen LogP contribution in [0.3, 0.4) is 0 Å². The normalized spacial score (nSPS) is 22.7. The van der Waals surface area contributed by atoms with E-state index in [9.17, 15) is 9.59 Å². The van der Waals surface area contributed by atoms with Crippen LogP contribution in [0.25, 0.3) is 0 Å². The van der Waals surface area contributed by atoms with Crippen LogP contribution in [-0.2, 0) is 9.59 Å². The second-order valence-electron chi connectivity index (χ2n) is 6.03. The van der Waals surface area contributed by atoms with Crippen molar-refractivity contribution in [2.45, 2.75) is 71.4 Å². The maximum Gasteiger partial charge on any atom is 0.317 e. The highest BCUT2D eigenvalue weighted by atomic mass is 16.4. The van der Waals surface area contributed by atoms with Crippen LogP contribution in [0.2, 0.25) is 0 Å². The molecule has 0 bridgehead atoms. The molecule has 1 aliphatic rings. The summed E-state index contributed by atoms with van der Waals surface area (Å²) >= 11 is 0. The van der Waals surface area contributed by atoms with Crippen molar-refractivity contribution in [2.75, 3.05) is 13.1 Å². The van der Waals surface area contributed by atoms with Crippen molar-refractivity contribution in [3.8, 4) is 0 Å². The third kappa shape index (κ3) is 5.65. The highest BCUT2D eigenvalue weighted by molar-refractivity contribution is 5.79. The van der Waals surface area contributed by atoms with Gasteiger partial charge in [0, 0.05) is 18.0 Å². The molecule has 5 heteroatoms. The first-order valence-corrected chi connectivity index (χ1v) is 8.27. The summed E-state index contributed by atoms with van der Waals surface area (Å²) in [5.74, 6) is -0.476. The number of likely N-dealkylation sites (N-methyl/N-ethyl adjacent to an activating group) is 1. The number of carbonyl (C=O) groups is 2. The molecule has 1 aliphatic carbocycles. The van der Waals surface area contributed by atoms with E-state index in [1.54, 1.807) is 0 Å². The highest BCUT2D eigenvalue weighted by Crippen LogP contribution is 2.26. The molecule has 0 radical (unpaired) electrons. The van der Waals surface area contributed by atoms with Gasteiger partial charge in [-0.1, -0.05) is 33.6 Å². The maximum atomic E-state index is 12.2. The Bertz CT molecular complexity index is 340.